The lowest BCUT2D eigenvalue weighted by atomic mass is 10.1. The average Bonchev–Trinajstić information content (AvgIpc) is 2.98. The molecule has 0 amide bonds. The van der Waals surface area contributed by atoms with Crippen LogP contribution in [-0.2, 0) is 6.18 Å². The highest BCUT2D eigenvalue weighted by atomic mass is 79.9. The van der Waals surface area contributed by atoms with Crippen LogP contribution < -0.4 is 0 Å². The van der Waals surface area contributed by atoms with Gasteiger partial charge < -0.3 is 0 Å². The highest BCUT2D eigenvalue weighted by Gasteiger charge is 2.34. The Morgan fingerprint density at radius 1 is 1.38 bits per heavy atom. The van der Waals surface area contributed by atoms with Gasteiger partial charge in [-0.1, -0.05) is 15.9 Å². The van der Waals surface area contributed by atoms with Gasteiger partial charge in [0.1, 0.15) is 0 Å². The van der Waals surface area contributed by atoms with Crippen LogP contribution in [-0.4, -0.2) is 4.98 Å². The monoisotopic (exact) mass is 293 g/mol. The second-order valence-electron chi connectivity index (χ2n) is 4.09. The molecule has 1 saturated carbocycles. The van der Waals surface area contributed by atoms with E-state index in [-0.39, 0.29) is 10.7 Å². The van der Waals surface area contributed by atoms with Crippen LogP contribution in [0.1, 0.15) is 47.5 Å². The van der Waals surface area contributed by atoms with Gasteiger partial charge in [-0.05, 0) is 31.9 Å². The van der Waals surface area contributed by atoms with Crippen molar-refractivity contribution < 1.29 is 13.2 Å². The molecule has 1 atom stereocenters. The first kappa shape index (κ1) is 11.9. The maximum atomic E-state index is 12.7. The molecule has 1 aliphatic rings. The summed E-state index contributed by atoms with van der Waals surface area (Å²) in [5, 5.41) is 0. The summed E-state index contributed by atoms with van der Waals surface area (Å²) >= 11 is 3.26. The molecule has 0 N–H and O–H groups in total. The Bertz CT molecular complexity index is 376. The van der Waals surface area contributed by atoms with Crippen LogP contribution >= 0.6 is 15.9 Å². The second kappa shape index (κ2) is 4.02. The molecule has 1 heterocycles. The lowest BCUT2D eigenvalue weighted by Gasteiger charge is -2.12. The van der Waals surface area contributed by atoms with Crippen molar-refractivity contribution in [2.45, 2.75) is 36.7 Å². The van der Waals surface area contributed by atoms with Crippen molar-refractivity contribution in [3.63, 3.8) is 0 Å². The van der Waals surface area contributed by atoms with Crippen molar-refractivity contribution in [3.8, 4) is 0 Å². The fourth-order valence-corrected chi connectivity index (χ4v) is 1.76. The molecule has 1 fully saturated rings. The van der Waals surface area contributed by atoms with E-state index in [9.17, 15) is 13.2 Å². The van der Waals surface area contributed by atoms with Crippen LogP contribution in [0.2, 0.25) is 0 Å². The maximum Gasteiger partial charge on any atom is 0.416 e. The third-order valence-corrected chi connectivity index (χ3v) is 3.06. The van der Waals surface area contributed by atoms with Crippen molar-refractivity contribution in [1.29, 1.82) is 0 Å². The summed E-state index contributed by atoms with van der Waals surface area (Å²) in [4.78, 5) is 4.10. The molecule has 0 aliphatic heterocycles. The molecule has 1 aromatic heterocycles. The van der Waals surface area contributed by atoms with E-state index in [0.29, 0.717) is 11.4 Å². The average molecular weight is 294 g/mol. The van der Waals surface area contributed by atoms with Gasteiger partial charge in [-0.25, -0.2) is 0 Å². The van der Waals surface area contributed by atoms with Crippen molar-refractivity contribution in [3.05, 3.63) is 29.1 Å². The Hall–Kier alpha value is -0.580. The molecule has 0 bridgehead atoms. The van der Waals surface area contributed by atoms with Crippen LogP contribution in [0.15, 0.2) is 12.1 Å². The summed E-state index contributed by atoms with van der Waals surface area (Å²) < 4.78 is 38.0. The van der Waals surface area contributed by atoms with E-state index >= 15 is 0 Å². The quantitative estimate of drug-likeness (QED) is 0.735. The Balaban J connectivity index is 2.44. The zero-order valence-corrected chi connectivity index (χ0v) is 10.3. The number of rotatable bonds is 2. The van der Waals surface area contributed by atoms with Crippen LogP contribution in [0.5, 0.6) is 0 Å². The highest BCUT2D eigenvalue weighted by molar-refractivity contribution is 9.09. The van der Waals surface area contributed by atoms with Gasteiger partial charge >= 0.3 is 6.18 Å². The Kier molecular flexibility index (Phi) is 2.99. The highest BCUT2D eigenvalue weighted by Crippen LogP contribution is 2.42. The predicted molar refractivity (Wildman–Crippen MR) is 58.6 cm³/mol. The smallest absolute Gasteiger partial charge is 0.256 e. The molecule has 0 saturated heterocycles. The molecule has 2 rings (SSSR count). The summed E-state index contributed by atoms with van der Waals surface area (Å²) in [6.45, 7) is 1.78. The van der Waals surface area contributed by atoms with E-state index in [1.54, 1.807) is 6.92 Å². The van der Waals surface area contributed by atoms with E-state index in [1.807, 2.05) is 0 Å². The fraction of sp³-hybridized carbons (Fsp3) is 0.545. The second-order valence-corrected chi connectivity index (χ2v) is 5.47. The van der Waals surface area contributed by atoms with E-state index in [2.05, 4.69) is 20.9 Å². The van der Waals surface area contributed by atoms with Crippen molar-refractivity contribution in [1.82, 2.24) is 4.98 Å². The van der Waals surface area contributed by atoms with Crippen LogP contribution in [0.25, 0.3) is 0 Å². The molecular weight excluding hydrogens is 283 g/mol. The van der Waals surface area contributed by atoms with E-state index in [0.717, 1.165) is 18.9 Å². The molecule has 5 heteroatoms. The van der Waals surface area contributed by atoms with Gasteiger partial charge in [-0.3, -0.25) is 4.98 Å². The maximum absolute atomic E-state index is 12.7. The lowest BCUT2D eigenvalue weighted by molar-refractivity contribution is -0.137. The fourth-order valence-electron chi connectivity index (χ4n) is 1.53. The third kappa shape index (κ3) is 2.56. The first-order valence-corrected chi connectivity index (χ1v) is 6.02. The minimum atomic E-state index is -4.29. The minimum absolute atomic E-state index is 0.160. The molecule has 1 aliphatic carbocycles. The molecule has 88 valence electrons. The number of alkyl halides is 4. The van der Waals surface area contributed by atoms with Gasteiger partial charge in [0.15, 0.2) is 0 Å². The number of nitrogens with zero attached hydrogens (tertiary/aromatic N) is 1. The van der Waals surface area contributed by atoms with Crippen molar-refractivity contribution in [2.24, 2.45) is 0 Å². The van der Waals surface area contributed by atoms with Crippen molar-refractivity contribution in [2.75, 3.05) is 0 Å². The Morgan fingerprint density at radius 3 is 2.44 bits per heavy atom. The van der Waals surface area contributed by atoms with Crippen LogP contribution in [0, 0.1) is 0 Å². The van der Waals surface area contributed by atoms with E-state index in [1.165, 1.54) is 6.07 Å². The zero-order chi connectivity index (χ0) is 11.9. The first-order valence-electron chi connectivity index (χ1n) is 5.11. The third-order valence-electron chi connectivity index (χ3n) is 2.60. The topological polar surface area (TPSA) is 12.9 Å². The number of pyridine rings is 1. The summed E-state index contributed by atoms with van der Waals surface area (Å²) in [5.41, 5.74) is 0.443. The summed E-state index contributed by atoms with van der Waals surface area (Å²) in [6.07, 6.45) is -2.39. The summed E-state index contributed by atoms with van der Waals surface area (Å²) in [6, 6.07) is 2.29. The zero-order valence-electron chi connectivity index (χ0n) is 8.68. The molecule has 16 heavy (non-hydrogen) atoms. The predicted octanol–water partition coefficient (Wildman–Crippen LogP) is 4.43. The number of aromatic nitrogens is 1. The number of hydrogen-bond donors (Lipinski definition) is 0. The standard InChI is InChI=1S/C11H11BrF3N/c1-6(12)9-4-8(11(13,14)15)5-10(16-9)7-2-3-7/h4-7H,2-3H2,1H3. The Morgan fingerprint density at radius 2 is 2.00 bits per heavy atom. The molecule has 0 radical (unpaired) electrons. The number of hydrogen-bond acceptors (Lipinski definition) is 1. The minimum Gasteiger partial charge on any atom is -0.256 e. The molecular formula is C11H11BrF3N. The van der Waals surface area contributed by atoms with Gasteiger partial charge in [0, 0.05) is 11.6 Å². The molecule has 1 nitrogen and oxygen atoms in total. The summed E-state index contributed by atoms with van der Waals surface area (Å²) in [7, 11) is 0. The lowest BCUT2D eigenvalue weighted by Crippen LogP contribution is -2.08. The van der Waals surface area contributed by atoms with Crippen LogP contribution in [0.3, 0.4) is 0 Å². The van der Waals surface area contributed by atoms with Gasteiger partial charge in [-0.2, -0.15) is 13.2 Å². The molecule has 1 unspecified atom stereocenters. The summed E-state index contributed by atoms with van der Waals surface area (Å²) in [5.74, 6) is 0.229. The Labute approximate surface area is 100 Å². The van der Waals surface area contributed by atoms with Gasteiger partial charge in [-0.15, -0.1) is 0 Å². The van der Waals surface area contributed by atoms with Gasteiger partial charge in [0.25, 0.3) is 0 Å². The molecule has 0 aromatic carbocycles. The van der Waals surface area contributed by atoms with Gasteiger partial charge in [0.05, 0.1) is 16.1 Å². The largest absolute Gasteiger partial charge is 0.416 e. The van der Waals surface area contributed by atoms with Crippen molar-refractivity contribution >= 4 is 15.9 Å². The SMILES string of the molecule is CC(Br)c1cc(C(F)(F)F)cc(C2CC2)n1. The molecule has 0 spiro atoms. The first-order chi connectivity index (χ1) is 7.38. The normalized spacial score (nSPS) is 18.6. The van der Waals surface area contributed by atoms with E-state index < -0.39 is 11.7 Å². The number of halogens is 4. The molecule has 1 aromatic rings. The van der Waals surface area contributed by atoms with E-state index in [4.69, 9.17) is 0 Å². The van der Waals surface area contributed by atoms with Crippen LogP contribution in [0.4, 0.5) is 13.2 Å². The van der Waals surface area contributed by atoms with Gasteiger partial charge in [0.2, 0.25) is 0 Å².